The number of aliphatic hydroxyl groups excluding tert-OH is 1. The SMILES string of the molecule is Cc1ccccc1SCC(=O)NCC1CCCC(O)C1. The molecule has 2 unspecified atom stereocenters. The molecule has 0 aliphatic heterocycles. The molecule has 3 nitrogen and oxygen atoms in total. The van der Waals surface area contributed by atoms with Gasteiger partial charge in [0, 0.05) is 11.4 Å². The van der Waals surface area contributed by atoms with Gasteiger partial charge in [-0.05, 0) is 43.7 Å². The molecule has 1 aromatic rings. The maximum atomic E-state index is 11.9. The Hall–Kier alpha value is -1.00. The van der Waals surface area contributed by atoms with Gasteiger partial charge in [0.2, 0.25) is 5.91 Å². The highest BCUT2D eigenvalue weighted by Gasteiger charge is 2.20. The topological polar surface area (TPSA) is 49.3 Å². The zero-order valence-corrected chi connectivity index (χ0v) is 12.8. The van der Waals surface area contributed by atoms with E-state index in [1.807, 2.05) is 18.2 Å². The van der Waals surface area contributed by atoms with Gasteiger partial charge in [-0.1, -0.05) is 24.6 Å². The van der Waals surface area contributed by atoms with Crippen LogP contribution in [0.5, 0.6) is 0 Å². The molecule has 110 valence electrons. The van der Waals surface area contributed by atoms with Crippen molar-refractivity contribution < 1.29 is 9.90 Å². The molecule has 1 aliphatic rings. The van der Waals surface area contributed by atoms with Gasteiger partial charge in [-0.25, -0.2) is 0 Å². The summed E-state index contributed by atoms with van der Waals surface area (Å²) in [6.45, 7) is 2.76. The van der Waals surface area contributed by atoms with Crippen LogP contribution in [0.4, 0.5) is 0 Å². The lowest BCUT2D eigenvalue weighted by molar-refractivity contribution is -0.118. The van der Waals surface area contributed by atoms with E-state index in [0.29, 0.717) is 18.2 Å². The highest BCUT2D eigenvalue weighted by molar-refractivity contribution is 8.00. The number of aliphatic hydroxyl groups is 1. The molecule has 0 bridgehead atoms. The fourth-order valence-corrected chi connectivity index (χ4v) is 3.48. The van der Waals surface area contributed by atoms with Crippen molar-refractivity contribution in [3.8, 4) is 0 Å². The molecule has 2 N–H and O–H groups in total. The van der Waals surface area contributed by atoms with E-state index in [4.69, 9.17) is 0 Å². The first-order chi connectivity index (χ1) is 9.65. The van der Waals surface area contributed by atoms with Crippen LogP contribution in [0.2, 0.25) is 0 Å². The number of hydrogen-bond acceptors (Lipinski definition) is 3. The second-order valence-corrected chi connectivity index (χ2v) is 6.56. The van der Waals surface area contributed by atoms with E-state index >= 15 is 0 Å². The molecule has 1 saturated carbocycles. The minimum absolute atomic E-state index is 0.0818. The van der Waals surface area contributed by atoms with Gasteiger partial charge < -0.3 is 10.4 Å². The standard InChI is InChI=1S/C16H23NO2S/c1-12-5-2-3-8-15(12)20-11-16(19)17-10-13-6-4-7-14(18)9-13/h2-3,5,8,13-14,18H,4,6-7,9-11H2,1H3,(H,17,19). The van der Waals surface area contributed by atoms with E-state index < -0.39 is 0 Å². The number of carbonyl (C=O) groups is 1. The highest BCUT2D eigenvalue weighted by atomic mass is 32.2. The Bertz CT molecular complexity index is 450. The van der Waals surface area contributed by atoms with Crippen molar-refractivity contribution in [1.29, 1.82) is 0 Å². The lowest BCUT2D eigenvalue weighted by atomic mass is 9.87. The summed E-state index contributed by atoms with van der Waals surface area (Å²) in [6, 6.07) is 8.11. The maximum Gasteiger partial charge on any atom is 0.230 e. The number of hydrogen-bond donors (Lipinski definition) is 2. The lowest BCUT2D eigenvalue weighted by Gasteiger charge is -2.25. The summed E-state index contributed by atoms with van der Waals surface area (Å²) < 4.78 is 0. The molecule has 20 heavy (non-hydrogen) atoms. The number of thioether (sulfide) groups is 1. The number of nitrogens with one attached hydrogen (secondary N) is 1. The quantitative estimate of drug-likeness (QED) is 0.821. The number of rotatable bonds is 5. The molecule has 0 spiro atoms. The molecular formula is C16H23NO2S. The summed E-state index contributed by atoms with van der Waals surface area (Å²) in [5.41, 5.74) is 1.21. The fourth-order valence-electron chi connectivity index (χ4n) is 2.62. The van der Waals surface area contributed by atoms with Crippen molar-refractivity contribution in [2.24, 2.45) is 5.92 Å². The van der Waals surface area contributed by atoms with Crippen LogP contribution in [-0.2, 0) is 4.79 Å². The monoisotopic (exact) mass is 293 g/mol. The van der Waals surface area contributed by atoms with Gasteiger partial charge in [0.25, 0.3) is 0 Å². The summed E-state index contributed by atoms with van der Waals surface area (Å²) >= 11 is 1.58. The zero-order chi connectivity index (χ0) is 14.4. The normalized spacial score (nSPS) is 22.5. The van der Waals surface area contributed by atoms with Gasteiger partial charge in [-0.15, -0.1) is 11.8 Å². The molecule has 2 atom stereocenters. The highest BCUT2D eigenvalue weighted by Crippen LogP contribution is 2.24. The van der Waals surface area contributed by atoms with Crippen molar-refractivity contribution in [3.05, 3.63) is 29.8 Å². The van der Waals surface area contributed by atoms with Gasteiger partial charge in [0.1, 0.15) is 0 Å². The Morgan fingerprint density at radius 2 is 2.20 bits per heavy atom. The minimum atomic E-state index is -0.174. The number of amides is 1. The Morgan fingerprint density at radius 1 is 1.40 bits per heavy atom. The molecule has 1 amide bonds. The second-order valence-electron chi connectivity index (χ2n) is 5.54. The number of carbonyl (C=O) groups excluding carboxylic acids is 1. The van der Waals surface area contributed by atoms with Crippen LogP contribution < -0.4 is 5.32 Å². The third-order valence-electron chi connectivity index (χ3n) is 3.80. The van der Waals surface area contributed by atoms with Crippen LogP contribution >= 0.6 is 11.8 Å². The third-order valence-corrected chi connectivity index (χ3v) is 4.97. The van der Waals surface area contributed by atoms with Gasteiger partial charge in [0.05, 0.1) is 11.9 Å². The minimum Gasteiger partial charge on any atom is -0.393 e. The number of benzene rings is 1. The first-order valence-electron chi connectivity index (χ1n) is 7.28. The predicted octanol–water partition coefficient (Wildman–Crippen LogP) is 2.75. The smallest absolute Gasteiger partial charge is 0.230 e. The van der Waals surface area contributed by atoms with Crippen LogP contribution in [0, 0.1) is 12.8 Å². The zero-order valence-electron chi connectivity index (χ0n) is 12.0. The summed E-state index contributed by atoms with van der Waals surface area (Å²) in [5, 5.41) is 12.6. The van der Waals surface area contributed by atoms with E-state index in [9.17, 15) is 9.90 Å². The van der Waals surface area contributed by atoms with Crippen LogP contribution in [0.1, 0.15) is 31.2 Å². The van der Waals surface area contributed by atoms with Gasteiger partial charge in [-0.3, -0.25) is 4.79 Å². The largest absolute Gasteiger partial charge is 0.393 e. The maximum absolute atomic E-state index is 11.9. The summed E-state index contributed by atoms with van der Waals surface area (Å²) in [4.78, 5) is 13.0. The Morgan fingerprint density at radius 3 is 2.95 bits per heavy atom. The molecule has 0 radical (unpaired) electrons. The van der Waals surface area contributed by atoms with Crippen LogP contribution in [-0.4, -0.2) is 29.4 Å². The van der Waals surface area contributed by atoms with E-state index in [0.717, 1.165) is 30.6 Å². The lowest BCUT2D eigenvalue weighted by Crippen LogP contribution is -2.33. The molecule has 1 fully saturated rings. The Labute approximate surface area is 125 Å². The molecule has 2 rings (SSSR count). The average molecular weight is 293 g/mol. The Balaban J connectivity index is 1.69. The van der Waals surface area contributed by atoms with E-state index in [-0.39, 0.29) is 12.0 Å². The summed E-state index contributed by atoms with van der Waals surface area (Å²) in [5.74, 6) is 0.976. The third kappa shape index (κ3) is 4.84. The van der Waals surface area contributed by atoms with Crippen molar-refractivity contribution in [1.82, 2.24) is 5.32 Å². The molecule has 1 aromatic carbocycles. The average Bonchev–Trinajstić information content (AvgIpc) is 2.44. The van der Waals surface area contributed by atoms with Crippen LogP contribution in [0.15, 0.2) is 29.2 Å². The fraction of sp³-hybridized carbons (Fsp3) is 0.562. The van der Waals surface area contributed by atoms with Crippen LogP contribution in [0.25, 0.3) is 0 Å². The van der Waals surface area contributed by atoms with Gasteiger partial charge in [-0.2, -0.15) is 0 Å². The second kappa shape index (κ2) is 7.70. The van der Waals surface area contributed by atoms with E-state index in [2.05, 4.69) is 18.3 Å². The van der Waals surface area contributed by atoms with Gasteiger partial charge in [0.15, 0.2) is 0 Å². The molecule has 1 aliphatic carbocycles. The molecule has 4 heteroatoms. The van der Waals surface area contributed by atoms with E-state index in [1.165, 1.54) is 5.56 Å². The first kappa shape index (κ1) is 15.4. The molecule has 0 aromatic heterocycles. The summed E-state index contributed by atoms with van der Waals surface area (Å²) in [7, 11) is 0. The Kier molecular flexibility index (Phi) is 5.92. The van der Waals surface area contributed by atoms with Crippen molar-refractivity contribution in [3.63, 3.8) is 0 Å². The summed E-state index contributed by atoms with van der Waals surface area (Å²) in [6.07, 6.45) is 3.74. The van der Waals surface area contributed by atoms with Crippen molar-refractivity contribution >= 4 is 17.7 Å². The number of aryl methyl sites for hydroxylation is 1. The molecular weight excluding hydrogens is 270 g/mol. The predicted molar refractivity (Wildman–Crippen MR) is 82.9 cm³/mol. The molecule has 0 saturated heterocycles. The van der Waals surface area contributed by atoms with Crippen molar-refractivity contribution in [2.75, 3.05) is 12.3 Å². The molecule has 0 heterocycles. The first-order valence-corrected chi connectivity index (χ1v) is 8.27. The van der Waals surface area contributed by atoms with Crippen molar-refractivity contribution in [2.45, 2.75) is 43.6 Å². The van der Waals surface area contributed by atoms with Gasteiger partial charge >= 0.3 is 0 Å². The van der Waals surface area contributed by atoms with Crippen LogP contribution in [0.3, 0.4) is 0 Å². The van der Waals surface area contributed by atoms with E-state index in [1.54, 1.807) is 11.8 Å².